The smallest absolute Gasteiger partial charge is 0.225 e. The molecule has 0 aromatic rings. The Bertz CT molecular complexity index is 217. The van der Waals surface area contributed by atoms with E-state index in [1.807, 2.05) is 4.90 Å². The number of rotatable bonds is 6. The van der Waals surface area contributed by atoms with Gasteiger partial charge < -0.3 is 19.7 Å². The van der Waals surface area contributed by atoms with Crippen LogP contribution in [0.5, 0.6) is 0 Å². The van der Waals surface area contributed by atoms with Crippen molar-refractivity contribution in [2.45, 2.75) is 19.4 Å². The lowest BCUT2D eigenvalue weighted by molar-refractivity contribution is -0.135. The van der Waals surface area contributed by atoms with Gasteiger partial charge in [-0.25, -0.2) is 0 Å². The Morgan fingerprint density at radius 3 is 2.82 bits per heavy atom. The van der Waals surface area contributed by atoms with Crippen LogP contribution in [0.3, 0.4) is 0 Å². The summed E-state index contributed by atoms with van der Waals surface area (Å²) < 4.78 is 10.1. The van der Waals surface area contributed by atoms with E-state index in [4.69, 9.17) is 9.47 Å². The van der Waals surface area contributed by atoms with Gasteiger partial charge in [0.15, 0.2) is 0 Å². The molecule has 0 radical (unpaired) electrons. The van der Waals surface area contributed by atoms with E-state index in [2.05, 4.69) is 12.2 Å². The summed E-state index contributed by atoms with van der Waals surface area (Å²) in [4.78, 5) is 13.8. The largest absolute Gasteiger partial charge is 0.382 e. The molecule has 1 atom stereocenters. The first-order chi connectivity index (χ1) is 7.75. The molecule has 0 aromatic heterocycles. The molecule has 0 saturated carbocycles. The number of hydrogen-bond acceptors (Lipinski definition) is 4. The molecule has 1 unspecified atom stereocenters. The highest BCUT2D eigenvalue weighted by molar-refractivity contribution is 5.85. The van der Waals surface area contributed by atoms with Gasteiger partial charge in [-0.1, -0.05) is 0 Å². The summed E-state index contributed by atoms with van der Waals surface area (Å²) in [5.41, 5.74) is 0. The molecule has 1 aliphatic heterocycles. The molecule has 1 rings (SSSR count). The van der Waals surface area contributed by atoms with Gasteiger partial charge in [0.05, 0.1) is 26.2 Å². The second-order valence-electron chi connectivity index (χ2n) is 4.00. The Hall–Kier alpha value is -0.360. The van der Waals surface area contributed by atoms with Crippen LogP contribution in [-0.2, 0) is 14.3 Å². The van der Waals surface area contributed by atoms with E-state index >= 15 is 0 Å². The number of methoxy groups -OCH3 is 1. The Morgan fingerprint density at radius 2 is 2.18 bits per heavy atom. The molecule has 1 amide bonds. The van der Waals surface area contributed by atoms with Gasteiger partial charge in [-0.15, -0.1) is 12.4 Å². The molecular weight excluding hydrogens is 244 g/mol. The Labute approximate surface area is 109 Å². The molecular formula is C11H23ClN2O3. The van der Waals surface area contributed by atoms with Gasteiger partial charge in [-0.2, -0.15) is 0 Å². The van der Waals surface area contributed by atoms with Gasteiger partial charge in [-0.3, -0.25) is 4.79 Å². The summed E-state index contributed by atoms with van der Waals surface area (Å²) in [7, 11) is 1.64. The maximum absolute atomic E-state index is 11.8. The quantitative estimate of drug-likeness (QED) is 0.702. The highest BCUT2D eigenvalue weighted by Crippen LogP contribution is 2.04. The third kappa shape index (κ3) is 6.21. The van der Waals surface area contributed by atoms with E-state index < -0.39 is 0 Å². The Morgan fingerprint density at radius 1 is 1.41 bits per heavy atom. The number of piperazine rings is 1. The van der Waals surface area contributed by atoms with Crippen LogP contribution in [0.1, 0.15) is 13.3 Å². The minimum Gasteiger partial charge on any atom is -0.382 e. The normalized spacial score (nSPS) is 19.9. The fraction of sp³-hybridized carbons (Fsp3) is 0.909. The molecule has 1 heterocycles. The topological polar surface area (TPSA) is 50.8 Å². The summed E-state index contributed by atoms with van der Waals surface area (Å²) in [6, 6.07) is 0.292. The van der Waals surface area contributed by atoms with Gasteiger partial charge in [0.1, 0.15) is 0 Å². The predicted molar refractivity (Wildman–Crippen MR) is 68.6 cm³/mol. The number of amides is 1. The lowest BCUT2D eigenvalue weighted by Crippen LogP contribution is -2.52. The van der Waals surface area contributed by atoms with Crippen molar-refractivity contribution in [1.29, 1.82) is 0 Å². The minimum atomic E-state index is 0. The van der Waals surface area contributed by atoms with Crippen LogP contribution in [0.25, 0.3) is 0 Å². The van der Waals surface area contributed by atoms with Crippen LogP contribution in [0.2, 0.25) is 0 Å². The Balaban J connectivity index is 0.00000256. The molecule has 0 spiro atoms. The zero-order chi connectivity index (χ0) is 11.8. The summed E-state index contributed by atoms with van der Waals surface area (Å²) in [5, 5.41) is 3.26. The number of hydrogen-bond donors (Lipinski definition) is 1. The average molecular weight is 267 g/mol. The number of ether oxygens (including phenoxy) is 2. The molecule has 6 heteroatoms. The van der Waals surface area contributed by atoms with Crippen LogP contribution < -0.4 is 5.32 Å². The fourth-order valence-electron chi connectivity index (χ4n) is 1.76. The molecule has 1 saturated heterocycles. The predicted octanol–water partition coefficient (Wildman–Crippen LogP) is 0.282. The van der Waals surface area contributed by atoms with Gasteiger partial charge in [0, 0.05) is 32.8 Å². The van der Waals surface area contributed by atoms with Crippen molar-refractivity contribution in [1.82, 2.24) is 10.2 Å². The zero-order valence-electron chi connectivity index (χ0n) is 10.6. The molecule has 0 bridgehead atoms. The van der Waals surface area contributed by atoms with Crippen molar-refractivity contribution in [3.05, 3.63) is 0 Å². The van der Waals surface area contributed by atoms with E-state index in [9.17, 15) is 4.79 Å². The molecule has 5 nitrogen and oxygen atoms in total. The summed E-state index contributed by atoms with van der Waals surface area (Å²) in [6.45, 7) is 6.27. The monoisotopic (exact) mass is 266 g/mol. The number of halogens is 1. The van der Waals surface area contributed by atoms with Gasteiger partial charge in [0.25, 0.3) is 0 Å². The second-order valence-corrected chi connectivity index (χ2v) is 4.00. The number of nitrogens with one attached hydrogen (secondary N) is 1. The van der Waals surface area contributed by atoms with Gasteiger partial charge in [0.2, 0.25) is 5.91 Å². The van der Waals surface area contributed by atoms with Crippen LogP contribution >= 0.6 is 12.4 Å². The molecule has 0 aliphatic carbocycles. The molecule has 17 heavy (non-hydrogen) atoms. The lowest BCUT2D eigenvalue weighted by atomic mass is 10.2. The first kappa shape index (κ1) is 16.6. The number of carbonyl (C=O) groups excluding carboxylic acids is 1. The highest BCUT2D eigenvalue weighted by atomic mass is 35.5. The van der Waals surface area contributed by atoms with Crippen LogP contribution in [0.4, 0.5) is 0 Å². The van der Waals surface area contributed by atoms with Crippen molar-refractivity contribution < 1.29 is 14.3 Å². The van der Waals surface area contributed by atoms with Crippen molar-refractivity contribution in [2.75, 3.05) is 46.6 Å². The van der Waals surface area contributed by atoms with Crippen molar-refractivity contribution in [2.24, 2.45) is 0 Å². The minimum absolute atomic E-state index is 0. The number of nitrogens with zero attached hydrogens (tertiary/aromatic N) is 1. The van der Waals surface area contributed by atoms with E-state index in [1.165, 1.54) is 0 Å². The van der Waals surface area contributed by atoms with Crippen molar-refractivity contribution in [3.8, 4) is 0 Å². The van der Waals surface area contributed by atoms with Crippen LogP contribution in [-0.4, -0.2) is 63.4 Å². The third-order valence-electron chi connectivity index (χ3n) is 2.71. The van der Waals surface area contributed by atoms with Gasteiger partial charge in [-0.05, 0) is 6.92 Å². The number of carbonyl (C=O) groups is 1. The first-order valence-electron chi connectivity index (χ1n) is 5.82. The molecule has 1 aliphatic rings. The summed E-state index contributed by atoms with van der Waals surface area (Å²) in [6.07, 6.45) is 0.466. The van der Waals surface area contributed by atoms with Gasteiger partial charge >= 0.3 is 0 Å². The molecule has 1 N–H and O–H groups in total. The molecule has 0 aromatic carbocycles. The maximum Gasteiger partial charge on any atom is 0.225 e. The fourth-order valence-corrected chi connectivity index (χ4v) is 1.76. The molecule has 102 valence electrons. The van der Waals surface area contributed by atoms with E-state index in [-0.39, 0.29) is 18.3 Å². The average Bonchev–Trinajstić information content (AvgIpc) is 2.29. The standard InChI is InChI=1S/C11H22N2O3.ClH/c1-10-9-12-4-5-13(10)11(14)3-6-16-8-7-15-2;/h10,12H,3-9H2,1-2H3;1H. The Kier molecular flexibility index (Phi) is 9.44. The first-order valence-corrected chi connectivity index (χ1v) is 5.82. The second kappa shape index (κ2) is 9.65. The van der Waals surface area contributed by atoms with Crippen molar-refractivity contribution >= 4 is 18.3 Å². The van der Waals surface area contributed by atoms with E-state index in [0.717, 1.165) is 19.6 Å². The van der Waals surface area contributed by atoms with E-state index in [1.54, 1.807) is 7.11 Å². The highest BCUT2D eigenvalue weighted by Gasteiger charge is 2.22. The zero-order valence-corrected chi connectivity index (χ0v) is 11.4. The summed E-state index contributed by atoms with van der Waals surface area (Å²) >= 11 is 0. The van der Waals surface area contributed by atoms with Crippen LogP contribution in [0.15, 0.2) is 0 Å². The SMILES string of the molecule is COCCOCCC(=O)N1CCNCC1C.Cl. The van der Waals surface area contributed by atoms with E-state index in [0.29, 0.717) is 32.3 Å². The third-order valence-corrected chi connectivity index (χ3v) is 2.71. The van der Waals surface area contributed by atoms with Crippen LogP contribution in [0, 0.1) is 0 Å². The molecule has 1 fully saturated rings. The van der Waals surface area contributed by atoms with Crippen molar-refractivity contribution in [3.63, 3.8) is 0 Å². The maximum atomic E-state index is 11.8. The summed E-state index contributed by atoms with van der Waals surface area (Å²) in [5.74, 6) is 0.186. The lowest BCUT2D eigenvalue weighted by Gasteiger charge is -2.34.